The first-order chi connectivity index (χ1) is 14.5. The molecule has 0 N–H and O–H groups in total. The van der Waals surface area contributed by atoms with Gasteiger partial charge in [-0.1, -0.05) is 27.5 Å². The molecule has 1 saturated heterocycles. The van der Waals surface area contributed by atoms with Crippen LogP contribution in [0.25, 0.3) is 6.08 Å². The van der Waals surface area contributed by atoms with E-state index in [2.05, 4.69) is 15.9 Å². The first kappa shape index (κ1) is 20.6. The average molecular weight is 508 g/mol. The Bertz CT molecular complexity index is 1130. The zero-order chi connectivity index (χ0) is 21.3. The van der Waals surface area contributed by atoms with Crippen molar-refractivity contribution < 1.29 is 23.8 Å². The smallest absolute Gasteiger partial charge is 0.293 e. The Kier molecular flexibility index (Phi) is 5.90. The van der Waals surface area contributed by atoms with Gasteiger partial charge in [-0.2, -0.15) is 5.26 Å². The lowest BCUT2D eigenvalue weighted by atomic mass is 10.1. The second-order valence-electron chi connectivity index (χ2n) is 6.19. The van der Waals surface area contributed by atoms with E-state index >= 15 is 0 Å². The number of imide groups is 1. The summed E-state index contributed by atoms with van der Waals surface area (Å²) in [5.41, 5.74) is 1.15. The van der Waals surface area contributed by atoms with Gasteiger partial charge < -0.3 is 14.2 Å². The van der Waals surface area contributed by atoms with E-state index in [1.54, 1.807) is 36.4 Å². The summed E-state index contributed by atoms with van der Waals surface area (Å²) in [6.07, 6.45) is 1.57. The third-order valence-electron chi connectivity index (χ3n) is 4.29. The van der Waals surface area contributed by atoms with Gasteiger partial charge in [0.15, 0.2) is 18.1 Å². The Hall–Kier alpha value is -2.67. The van der Waals surface area contributed by atoms with E-state index < -0.39 is 11.1 Å². The second-order valence-corrected chi connectivity index (χ2v) is 8.51. The lowest BCUT2D eigenvalue weighted by Gasteiger charge is -2.14. The normalized spacial score (nSPS) is 16.3. The molecule has 0 aliphatic carbocycles. The van der Waals surface area contributed by atoms with Crippen LogP contribution < -0.4 is 14.2 Å². The molecule has 10 heteroatoms. The number of ether oxygens (including phenoxy) is 3. The van der Waals surface area contributed by atoms with Crippen molar-refractivity contribution in [2.75, 3.05) is 13.4 Å². The number of amides is 2. The number of hydrogen-bond acceptors (Lipinski definition) is 7. The van der Waals surface area contributed by atoms with Crippen LogP contribution in [0.3, 0.4) is 0 Å². The van der Waals surface area contributed by atoms with Gasteiger partial charge >= 0.3 is 0 Å². The maximum atomic E-state index is 12.9. The van der Waals surface area contributed by atoms with Crippen molar-refractivity contribution in [3.63, 3.8) is 0 Å². The highest BCUT2D eigenvalue weighted by Crippen LogP contribution is 2.40. The van der Waals surface area contributed by atoms with Crippen LogP contribution in [0.1, 0.15) is 11.1 Å². The Balaban J connectivity index is 1.60. The molecule has 0 atom stereocenters. The third kappa shape index (κ3) is 4.12. The summed E-state index contributed by atoms with van der Waals surface area (Å²) in [4.78, 5) is 26.8. The van der Waals surface area contributed by atoms with E-state index in [1.165, 1.54) is 0 Å². The fraction of sp³-hybridized carbons (Fsp3) is 0.150. The Morgan fingerprint density at radius 3 is 2.80 bits per heavy atom. The Morgan fingerprint density at radius 2 is 2.03 bits per heavy atom. The van der Waals surface area contributed by atoms with E-state index in [-0.39, 0.29) is 24.8 Å². The molecule has 0 unspecified atom stereocenters. The minimum absolute atomic E-state index is 0.00769. The molecule has 2 aliphatic rings. The number of thioether (sulfide) groups is 1. The highest BCUT2D eigenvalue weighted by atomic mass is 79.9. The summed E-state index contributed by atoms with van der Waals surface area (Å²) in [6, 6.07) is 10.4. The summed E-state index contributed by atoms with van der Waals surface area (Å²) in [6.45, 7) is -0.0252. The largest absolute Gasteiger partial charge is 0.478 e. The fourth-order valence-electron chi connectivity index (χ4n) is 2.90. The van der Waals surface area contributed by atoms with E-state index in [0.717, 1.165) is 21.1 Å². The van der Waals surface area contributed by atoms with Gasteiger partial charge in [0.1, 0.15) is 11.8 Å². The van der Waals surface area contributed by atoms with Crippen LogP contribution in [0.2, 0.25) is 5.02 Å². The standard InChI is InChI=1S/C20H12BrClN2O5S/c21-13-1-2-15(27-4-3-23)11(5-13)7-18-19(25)24(20(26)30-18)9-12-6-16-17(8-14(12)22)29-10-28-16/h1-2,5-8H,4,9-10H2/b18-7-. The number of carbonyl (C=O) groups excluding carboxylic acids is 2. The first-order valence-electron chi connectivity index (χ1n) is 8.59. The average Bonchev–Trinajstić information content (AvgIpc) is 3.26. The number of nitriles is 1. The van der Waals surface area contributed by atoms with Crippen LogP contribution >= 0.6 is 39.3 Å². The minimum atomic E-state index is -0.440. The number of fused-ring (bicyclic) bond motifs is 1. The van der Waals surface area contributed by atoms with E-state index in [4.69, 9.17) is 31.1 Å². The van der Waals surface area contributed by atoms with Crippen LogP contribution in [0, 0.1) is 11.3 Å². The summed E-state index contributed by atoms with van der Waals surface area (Å²) < 4.78 is 16.8. The fourth-order valence-corrected chi connectivity index (χ4v) is 4.32. The molecule has 2 amide bonds. The van der Waals surface area contributed by atoms with Crippen LogP contribution in [0.4, 0.5) is 4.79 Å². The molecule has 2 aromatic rings. The van der Waals surface area contributed by atoms with Crippen LogP contribution in [-0.4, -0.2) is 29.4 Å². The van der Waals surface area contributed by atoms with Crippen molar-refractivity contribution in [1.29, 1.82) is 5.26 Å². The summed E-state index contributed by atoms with van der Waals surface area (Å²) in [7, 11) is 0. The molecule has 30 heavy (non-hydrogen) atoms. The van der Waals surface area contributed by atoms with Crippen LogP contribution in [-0.2, 0) is 11.3 Å². The highest BCUT2D eigenvalue weighted by Gasteiger charge is 2.36. The molecular formula is C20H12BrClN2O5S. The SMILES string of the molecule is N#CCOc1ccc(Br)cc1/C=C1\SC(=O)N(Cc2cc3c(cc2Cl)OCO3)C1=O. The predicted octanol–water partition coefficient (Wildman–Crippen LogP) is 4.97. The van der Waals surface area contributed by atoms with Gasteiger partial charge in [0, 0.05) is 21.1 Å². The van der Waals surface area contributed by atoms with E-state index in [0.29, 0.717) is 33.4 Å². The molecule has 2 aromatic carbocycles. The third-order valence-corrected chi connectivity index (χ3v) is 6.05. The number of rotatable bonds is 5. The lowest BCUT2D eigenvalue weighted by molar-refractivity contribution is -0.123. The van der Waals surface area contributed by atoms with Crippen molar-refractivity contribution in [2.45, 2.75) is 6.54 Å². The molecule has 7 nitrogen and oxygen atoms in total. The van der Waals surface area contributed by atoms with E-state index in [9.17, 15) is 9.59 Å². The second kappa shape index (κ2) is 8.60. The van der Waals surface area contributed by atoms with Gasteiger partial charge in [-0.15, -0.1) is 0 Å². The molecule has 1 fully saturated rings. The van der Waals surface area contributed by atoms with Gasteiger partial charge in [-0.3, -0.25) is 14.5 Å². The lowest BCUT2D eigenvalue weighted by Crippen LogP contribution is -2.27. The molecule has 0 aromatic heterocycles. The molecule has 0 saturated carbocycles. The number of hydrogen-bond donors (Lipinski definition) is 0. The number of benzene rings is 2. The summed E-state index contributed by atoms with van der Waals surface area (Å²) in [5, 5.41) is 8.72. The zero-order valence-electron chi connectivity index (χ0n) is 15.2. The zero-order valence-corrected chi connectivity index (χ0v) is 18.3. The van der Waals surface area contributed by atoms with E-state index in [1.807, 2.05) is 6.07 Å². The molecule has 2 aliphatic heterocycles. The maximum absolute atomic E-state index is 12.9. The van der Waals surface area contributed by atoms with Crippen molar-refractivity contribution >= 4 is 56.5 Å². The highest BCUT2D eigenvalue weighted by molar-refractivity contribution is 9.10. The van der Waals surface area contributed by atoms with Crippen LogP contribution in [0.5, 0.6) is 17.2 Å². The Labute approximate surface area is 189 Å². The van der Waals surface area contributed by atoms with Gasteiger partial charge in [0.05, 0.1) is 11.4 Å². The monoisotopic (exact) mass is 506 g/mol. The van der Waals surface area contributed by atoms with Crippen molar-refractivity contribution in [1.82, 2.24) is 4.90 Å². The van der Waals surface area contributed by atoms with Gasteiger partial charge in [0.25, 0.3) is 11.1 Å². The van der Waals surface area contributed by atoms with Gasteiger partial charge in [-0.25, -0.2) is 0 Å². The minimum Gasteiger partial charge on any atom is -0.478 e. The number of nitrogens with zero attached hydrogens (tertiary/aromatic N) is 2. The number of carbonyl (C=O) groups is 2. The molecule has 152 valence electrons. The quantitative estimate of drug-likeness (QED) is 0.528. The van der Waals surface area contributed by atoms with Gasteiger partial charge in [0.2, 0.25) is 6.79 Å². The molecule has 0 radical (unpaired) electrons. The Morgan fingerprint density at radius 1 is 1.27 bits per heavy atom. The number of halogens is 2. The van der Waals surface area contributed by atoms with Crippen molar-refractivity contribution in [3.05, 3.63) is 55.9 Å². The van der Waals surface area contributed by atoms with Gasteiger partial charge in [-0.05, 0) is 47.7 Å². The van der Waals surface area contributed by atoms with Crippen molar-refractivity contribution in [3.8, 4) is 23.3 Å². The molecule has 0 bridgehead atoms. The summed E-state index contributed by atoms with van der Waals surface area (Å²) in [5.74, 6) is 1.04. The molecule has 4 rings (SSSR count). The van der Waals surface area contributed by atoms with Crippen molar-refractivity contribution in [2.24, 2.45) is 0 Å². The molecule has 2 heterocycles. The predicted molar refractivity (Wildman–Crippen MR) is 114 cm³/mol. The first-order valence-corrected chi connectivity index (χ1v) is 10.6. The molecule has 0 spiro atoms. The summed E-state index contributed by atoms with van der Waals surface area (Å²) >= 11 is 10.5. The molecular weight excluding hydrogens is 496 g/mol. The van der Waals surface area contributed by atoms with Crippen LogP contribution in [0.15, 0.2) is 39.7 Å². The topological polar surface area (TPSA) is 88.9 Å². The maximum Gasteiger partial charge on any atom is 0.293 e.